The minimum Gasteiger partial charge on any atom is -0.411 e. The molecule has 1 rings (SSSR count). The lowest BCUT2D eigenvalue weighted by Crippen LogP contribution is -2.20. The van der Waals surface area contributed by atoms with E-state index >= 15 is 0 Å². The Morgan fingerprint density at radius 1 is 1.75 bits per heavy atom. The van der Waals surface area contributed by atoms with Gasteiger partial charge in [-0.15, -0.1) is 5.16 Å². The highest BCUT2D eigenvalue weighted by Crippen LogP contribution is 2.44. The van der Waals surface area contributed by atoms with Crippen LogP contribution in [-0.2, 0) is 0 Å². The lowest BCUT2D eigenvalue weighted by molar-refractivity contribution is 0.292. The van der Waals surface area contributed by atoms with Crippen molar-refractivity contribution in [1.29, 1.82) is 0 Å². The van der Waals surface area contributed by atoms with Gasteiger partial charge in [0.15, 0.2) is 0 Å². The van der Waals surface area contributed by atoms with Crippen molar-refractivity contribution in [3.05, 3.63) is 11.6 Å². The van der Waals surface area contributed by atoms with Crippen LogP contribution in [0.1, 0.15) is 33.6 Å². The molecule has 0 aliphatic heterocycles. The number of hydrogen-bond donors (Lipinski definition) is 1. The second-order valence-electron chi connectivity index (χ2n) is 4.08. The zero-order valence-corrected chi connectivity index (χ0v) is 8.04. The van der Waals surface area contributed by atoms with Gasteiger partial charge in [0.25, 0.3) is 0 Å². The van der Waals surface area contributed by atoms with Gasteiger partial charge in [-0.1, -0.05) is 25.5 Å². The van der Waals surface area contributed by atoms with Crippen LogP contribution in [0.5, 0.6) is 0 Å². The average Bonchev–Trinajstić information content (AvgIpc) is 2.25. The molecule has 0 aromatic rings. The molecule has 1 aliphatic rings. The molecule has 0 radical (unpaired) electrons. The van der Waals surface area contributed by atoms with E-state index in [2.05, 4.69) is 32.0 Å². The van der Waals surface area contributed by atoms with E-state index in [0.29, 0.717) is 5.92 Å². The highest BCUT2D eigenvalue weighted by Gasteiger charge is 2.33. The van der Waals surface area contributed by atoms with Gasteiger partial charge in [0, 0.05) is 6.21 Å². The molecule has 0 unspecified atom stereocenters. The Bertz CT molecular complexity index is 216. The molecule has 1 aliphatic carbocycles. The minimum absolute atomic E-state index is 0.279. The third kappa shape index (κ3) is 1.52. The summed E-state index contributed by atoms with van der Waals surface area (Å²) in [7, 11) is 0. The maximum atomic E-state index is 8.32. The Balaban J connectivity index is 2.61. The molecule has 68 valence electrons. The van der Waals surface area contributed by atoms with E-state index in [0.717, 1.165) is 12.8 Å². The summed E-state index contributed by atoms with van der Waals surface area (Å²) in [6.45, 7) is 6.68. The molecule has 1 atom stereocenters. The van der Waals surface area contributed by atoms with E-state index in [1.165, 1.54) is 5.57 Å². The third-order valence-electron chi connectivity index (χ3n) is 3.22. The summed E-state index contributed by atoms with van der Waals surface area (Å²) in [4.78, 5) is 0. The van der Waals surface area contributed by atoms with Crippen molar-refractivity contribution in [2.75, 3.05) is 0 Å². The Kier molecular flexibility index (Phi) is 2.55. The molecule has 0 aromatic carbocycles. The predicted octanol–water partition coefficient (Wildman–Crippen LogP) is 2.83. The van der Waals surface area contributed by atoms with E-state index in [1.807, 2.05) is 0 Å². The fraction of sp³-hybridized carbons (Fsp3) is 0.700. The second-order valence-corrected chi connectivity index (χ2v) is 4.08. The van der Waals surface area contributed by atoms with Crippen molar-refractivity contribution in [2.24, 2.45) is 16.5 Å². The highest BCUT2D eigenvalue weighted by molar-refractivity contribution is 5.57. The smallest absolute Gasteiger partial charge is 0.0439 e. The van der Waals surface area contributed by atoms with E-state index in [4.69, 9.17) is 5.21 Å². The van der Waals surface area contributed by atoms with Crippen LogP contribution >= 0.6 is 0 Å². The van der Waals surface area contributed by atoms with E-state index in [1.54, 1.807) is 6.21 Å². The molecule has 0 amide bonds. The average molecular weight is 167 g/mol. The molecule has 0 bridgehead atoms. The lowest BCUT2D eigenvalue weighted by Gasteiger charge is -2.28. The Hall–Kier alpha value is -0.790. The van der Waals surface area contributed by atoms with Gasteiger partial charge in [0.05, 0.1) is 0 Å². The van der Waals surface area contributed by atoms with Gasteiger partial charge in [0.2, 0.25) is 0 Å². The summed E-state index contributed by atoms with van der Waals surface area (Å²) < 4.78 is 0. The standard InChI is InChI=1S/C10H17NO/c1-8-4-5-9(6-7-11-12)10(8,2)3/h4,7,9,12H,5-6H2,1-3H3/b11-7-/t9-/m1/s1. The van der Waals surface area contributed by atoms with Crippen LogP contribution in [0.15, 0.2) is 16.8 Å². The molecule has 0 saturated heterocycles. The molecule has 1 N–H and O–H groups in total. The quantitative estimate of drug-likeness (QED) is 0.292. The zero-order valence-electron chi connectivity index (χ0n) is 8.04. The van der Waals surface area contributed by atoms with Crippen molar-refractivity contribution in [3.8, 4) is 0 Å². The zero-order chi connectivity index (χ0) is 9.19. The summed E-state index contributed by atoms with van der Waals surface area (Å²) in [5.74, 6) is 0.605. The van der Waals surface area contributed by atoms with Gasteiger partial charge in [-0.3, -0.25) is 0 Å². The first-order valence-electron chi connectivity index (χ1n) is 4.42. The van der Waals surface area contributed by atoms with Gasteiger partial charge in [-0.05, 0) is 31.1 Å². The summed E-state index contributed by atoms with van der Waals surface area (Å²) in [6, 6.07) is 0. The topological polar surface area (TPSA) is 32.6 Å². The summed E-state index contributed by atoms with van der Waals surface area (Å²) in [5.41, 5.74) is 1.74. The Morgan fingerprint density at radius 2 is 2.42 bits per heavy atom. The lowest BCUT2D eigenvalue weighted by atomic mass is 9.76. The second kappa shape index (κ2) is 3.30. The molecule has 0 heterocycles. The molecule has 0 saturated carbocycles. The number of rotatable bonds is 2. The molecule has 0 fully saturated rings. The number of allylic oxidation sites excluding steroid dienone is 2. The van der Waals surface area contributed by atoms with Crippen molar-refractivity contribution in [1.82, 2.24) is 0 Å². The van der Waals surface area contributed by atoms with Crippen LogP contribution < -0.4 is 0 Å². The highest BCUT2D eigenvalue weighted by atomic mass is 16.4. The van der Waals surface area contributed by atoms with Crippen molar-refractivity contribution < 1.29 is 5.21 Å². The number of hydrogen-bond acceptors (Lipinski definition) is 2. The maximum Gasteiger partial charge on any atom is 0.0439 e. The largest absolute Gasteiger partial charge is 0.411 e. The van der Waals surface area contributed by atoms with Gasteiger partial charge in [0.1, 0.15) is 0 Å². The van der Waals surface area contributed by atoms with Crippen LogP contribution in [0.2, 0.25) is 0 Å². The maximum absolute atomic E-state index is 8.32. The normalized spacial score (nSPS) is 27.9. The van der Waals surface area contributed by atoms with Gasteiger partial charge >= 0.3 is 0 Å². The van der Waals surface area contributed by atoms with Crippen LogP contribution in [-0.4, -0.2) is 11.4 Å². The third-order valence-corrected chi connectivity index (χ3v) is 3.22. The molecule has 2 heteroatoms. The first kappa shape index (κ1) is 9.30. The fourth-order valence-corrected chi connectivity index (χ4v) is 1.76. The molecule has 2 nitrogen and oxygen atoms in total. The van der Waals surface area contributed by atoms with Crippen LogP contribution in [0.25, 0.3) is 0 Å². The van der Waals surface area contributed by atoms with Crippen molar-refractivity contribution >= 4 is 6.21 Å². The van der Waals surface area contributed by atoms with Crippen molar-refractivity contribution in [3.63, 3.8) is 0 Å². The van der Waals surface area contributed by atoms with E-state index in [-0.39, 0.29) is 5.41 Å². The summed E-state index contributed by atoms with van der Waals surface area (Å²) in [6.07, 6.45) is 5.87. The van der Waals surface area contributed by atoms with E-state index in [9.17, 15) is 0 Å². The van der Waals surface area contributed by atoms with E-state index < -0.39 is 0 Å². The molecule has 0 spiro atoms. The van der Waals surface area contributed by atoms with Crippen LogP contribution in [0, 0.1) is 11.3 Å². The molecular formula is C10H17NO. The molecule has 0 aromatic heterocycles. The minimum atomic E-state index is 0.279. The number of nitrogens with zero attached hydrogens (tertiary/aromatic N) is 1. The van der Waals surface area contributed by atoms with Gasteiger partial charge in [-0.25, -0.2) is 0 Å². The Labute approximate surface area is 74.0 Å². The monoisotopic (exact) mass is 167 g/mol. The SMILES string of the molecule is CC1=CC[C@H](C/C=N\O)C1(C)C. The van der Waals surface area contributed by atoms with Crippen LogP contribution in [0.3, 0.4) is 0 Å². The summed E-state index contributed by atoms with van der Waals surface area (Å²) in [5, 5.41) is 11.4. The fourth-order valence-electron chi connectivity index (χ4n) is 1.76. The first-order chi connectivity index (χ1) is 5.59. The van der Waals surface area contributed by atoms with Crippen LogP contribution in [0.4, 0.5) is 0 Å². The van der Waals surface area contributed by atoms with Gasteiger partial charge < -0.3 is 5.21 Å². The van der Waals surface area contributed by atoms with Gasteiger partial charge in [-0.2, -0.15) is 0 Å². The molecule has 12 heavy (non-hydrogen) atoms. The first-order valence-corrected chi connectivity index (χ1v) is 4.42. The number of oxime groups is 1. The van der Waals surface area contributed by atoms with Crippen molar-refractivity contribution in [2.45, 2.75) is 33.6 Å². The molecular weight excluding hydrogens is 150 g/mol. The Morgan fingerprint density at radius 3 is 2.83 bits per heavy atom. The predicted molar refractivity (Wildman–Crippen MR) is 50.5 cm³/mol. The summed E-state index contributed by atoms with van der Waals surface area (Å²) >= 11 is 0.